The molecule has 0 N–H and O–H groups in total. The van der Waals surface area contributed by atoms with Gasteiger partial charge in [-0.05, 0) is 37.3 Å². The lowest BCUT2D eigenvalue weighted by molar-refractivity contribution is 0.0970. The molecule has 0 spiro atoms. The Balaban J connectivity index is 1.86. The van der Waals surface area contributed by atoms with Crippen LogP contribution in [0.1, 0.15) is 33.3 Å². The summed E-state index contributed by atoms with van der Waals surface area (Å²) in [5.74, 6) is -0.795. The number of fused-ring (bicyclic) bond motifs is 2. The first-order chi connectivity index (χ1) is 14.1. The van der Waals surface area contributed by atoms with Crippen LogP contribution in [0.25, 0.3) is 11.0 Å². The van der Waals surface area contributed by atoms with E-state index in [-0.39, 0.29) is 22.3 Å². The normalized spacial score (nSPS) is 15.7. The zero-order valence-electron chi connectivity index (χ0n) is 15.4. The van der Waals surface area contributed by atoms with Crippen molar-refractivity contribution in [2.24, 2.45) is 0 Å². The molecule has 1 amide bonds. The fourth-order valence-corrected chi connectivity index (χ4v) is 3.81. The molecule has 0 saturated carbocycles. The molecule has 1 aliphatic heterocycles. The number of hydrogen-bond acceptors (Lipinski definition) is 4. The highest BCUT2D eigenvalue weighted by atomic mass is 19.1. The number of carbonyl (C=O) groups excluding carboxylic acids is 1. The smallest absolute Gasteiger partial charge is 0.296 e. The number of carbonyl (C=O) groups is 1. The first-order valence-corrected chi connectivity index (χ1v) is 9.12. The predicted octanol–water partition coefficient (Wildman–Crippen LogP) is 4.39. The van der Waals surface area contributed by atoms with E-state index in [4.69, 9.17) is 4.42 Å². The number of aryl methyl sites for hydroxylation is 1. The molecule has 5 nitrogen and oxygen atoms in total. The van der Waals surface area contributed by atoms with Crippen LogP contribution in [-0.4, -0.2) is 10.9 Å². The summed E-state index contributed by atoms with van der Waals surface area (Å²) in [6.45, 7) is 1.87. The highest BCUT2D eigenvalue weighted by Crippen LogP contribution is 2.41. The Morgan fingerprint density at radius 2 is 1.83 bits per heavy atom. The molecule has 6 heteroatoms. The van der Waals surface area contributed by atoms with Gasteiger partial charge in [0.1, 0.15) is 17.2 Å². The van der Waals surface area contributed by atoms with Crippen molar-refractivity contribution >= 4 is 22.7 Å². The topological polar surface area (TPSA) is 63.4 Å². The van der Waals surface area contributed by atoms with Crippen LogP contribution in [0, 0.1) is 12.7 Å². The van der Waals surface area contributed by atoms with Gasteiger partial charge in [0.15, 0.2) is 5.43 Å². The number of hydrogen-bond donors (Lipinski definition) is 0. The van der Waals surface area contributed by atoms with E-state index in [1.807, 2.05) is 13.0 Å². The maximum absolute atomic E-state index is 14.8. The summed E-state index contributed by atoms with van der Waals surface area (Å²) in [5, 5.41) is 0.362. The van der Waals surface area contributed by atoms with Gasteiger partial charge in [-0.25, -0.2) is 9.37 Å². The Kier molecular flexibility index (Phi) is 3.81. The Morgan fingerprint density at radius 3 is 2.59 bits per heavy atom. The molecule has 2 aromatic heterocycles. The van der Waals surface area contributed by atoms with Crippen molar-refractivity contribution in [2.75, 3.05) is 4.90 Å². The first kappa shape index (κ1) is 17.3. The minimum absolute atomic E-state index is 0.0785. The summed E-state index contributed by atoms with van der Waals surface area (Å²) in [6.07, 6.45) is 1.54. The lowest BCUT2D eigenvalue weighted by Gasteiger charge is -2.24. The Bertz CT molecular complexity index is 1330. The zero-order chi connectivity index (χ0) is 20.1. The van der Waals surface area contributed by atoms with Gasteiger partial charge < -0.3 is 4.42 Å². The van der Waals surface area contributed by atoms with Crippen LogP contribution >= 0.6 is 0 Å². The summed E-state index contributed by atoms with van der Waals surface area (Å²) in [4.78, 5) is 32.3. The molecule has 3 heterocycles. The highest BCUT2D eigenvalue weighted by molar-refractivity contribution is 6.10. The molecule has 4 aromatic rings. The fraction of sp³-hybridized carbons (Fsp3) is 0.0870. The van der Waals surface area contributed by atoms with Crippen LogP contribution in [0.2, 0.25) is 0 Å². The van der Waals surface area contributed by atoms with Crippen molar-refractivity contribution in [3.63, 3.8) is 0 Å². The molecule has 0 radical (unpaired) electrons. The van der Waals surface area contributed by atoms with E-state index in [1.165, 1.54) is 11.0 Å². The maximum Gasteiger partial charge on any atom is 0.296 e. The van der Waals surface area contributed by atoms with Crippen molar-refractivity contribution < 1.29 is 13.6 Å². The van der Waals surface area contributed by atoms with E-state index in [9.17, 15) is 14.0 Å². The van der Waals surface area contributed by atoms with Gasteiger partial charge in [0.05, 0.1) is 17.0 Å². The number of nitrogens with zero attached hydrogens (tertiary/aromatic N) is 2. The molecule has 1 aliphatic rings. The van der Waals surface area contributed by atoms with E-state index < -0.39 is 17.8 Å². The summed E-state index contributed by atoms with van der Waals surface area (Å²) >= 11 is 0. The van der Waals surface area contributed by atoms with Crippen LogP contribution in [0.4, 0.5) is 10.2 Å². The SMILES string of the molecule is Cc1ccc2oc3c(c(=O)c2c1)[C@H](c1ccccc1F)N(c1ccccn1)C3=O. The number of pyridine rings is 1. The first-order valence-electron chi connectivity index (χ1n) is 9.12. The van der Waals surface area contributed by atoms with Gasteiger partial charge in [0, 0.05) is 11.8 Å². The van der Waals surface area contributed by atoms with Crippen molar-refractivity contribution in [3.05, 3.63) is 105 Å². The van der Waals surface area contributed by atoms with Gasteiger partial charge in [0.2, 0.25) is 5.76 Å². The van der Waals surface area contributed by atoms with E-state index in [1.54, 1.807) is 54.7 Å². The number of aromatic nitrogens is 1. The van der Waals surface area contributed by atoms with Crippen molar-refractivity contribution in [2.45, 2.75) is 13.0 Å². The molecule has 142 valence electrons. The third-order valence-corrected chi connectivity index (χ3v) is 5.12. The number of anilines is 1. The molecule has 5 rings (SSSR count). The second-order valence-corrected chi connectivity index (χ2v) is 6.96. The molecule has 2 aromatic carbocycles. The summed E-state index contributed by atoms with van der Waals surface area (Å²) in [7, 11) is 0. The van der Waals surface area contributed by atoms with Crippen LogP contribution in [0.3, 0.4) is 0 Å². The molecule has 0 saturated heterocycles. The number of halogens is 1. The standard InChI is InChI=1S/C23H15FN2O3/c1-13-9-10-17-15(12-13)21(27)19-20(14-6-2-3-7-16(14)24)26(23(28)22(19)29-17)18-8-4-5-11-25-18/h2-12,20H,1H3/t20-/m0/s1. The summed E-state index contributed by atoms with van der Waals surface area (Å²) < 4.78 is 20.6. The molecule has 1 atom stereocenters. The lowest BCUT2D eigenvalue weighted by atomic mass is 9.97. The average Bonchev–Trinajstić information content (AvgIpc) is 3.02. The Labute approximate surface area is 165 Å². The highest BCUT2D eigenvalue weighted by Gasteiger charge is 2.45. The summed E-state index contributed by atoms with van der Waals surface area (Å²) in [5.41, 5.74) is 1.21. The second kappa shape index (κ2) is 6.38. The van der Waals surface area contributed by atoms with Crippen LogP contribution < -0.4 is 10.3 Å². The van der Waals surface area contributed by atoms with Crippen LogP contribution in [0.15, 0.2) is 76.1 Å². The molecule has 0 fully saturated rings. The third-order valence-electron chi connectivity index (χ3n) is 5.12. The van der Waals surface area contributed by atoms with Crippen molar-refractivity contribution in [1.29, 1.82) is 0 Å². The number of rotatable bonds is 2. The van der Waals surface area contributed by atoms with Gasteiger partial charge in [-0.3, -0.25) is 14.5 Å². The Hall–Kier alpha value is -3.80. The zero-order valence-corrected chi connectivity index (χ0v) is 15.4. The lowest BCUT2D eigenvalue weighted by Crippen LogP contribution is -2.30. The average molecular weight is 386 g/mol. The largest absolute Gasteiger partial charge is 0.450 e. The van der Waals surface area contributed by atoms with Gasteiger partial charge in [-0.15, -0.1) is 0 Å². The minimum Gasteiger partial charge on any atom is -0.450 e. The predicted molar refractivity (Wildman–Crippen MR) is 107 cm³/mol. The second-order valence-electron chi connectivity index (χ2n) is 6.96. The number of benzene rings is 2. The molecule has 29 heavy (non-hydrogen) atoms. The van der Waals surface area contributed by atoms with Crippen LogP contribution in [0.5, 0.6) is 0 Å². The van der Waals surface area contributed by atoms with E-state index >= 15 is 0 Å². The van der Waals surface area contributed by atoms with Gasteiger partial charge in [-0.1, -0.05) is 35.9 Å². The van der Waals surface area contributed by atoms with Crippen molar-refractivity contribution in [1.82, 2.24) is 4.98 Å². The van der Waals surface area contributed by atoms with E-state index in [2.05, 4.69) is 4.98 Å². The third kappa shape index (κ3) is 2.56. The fourth-order valence-electron chi connectivity index (χ4n) is 3.81. The van der Waals surface area contributed by atoms with E-state index in [0.29, 0.717) is 16.8 Å². The number of amides is 1. The monoisotopic (exact) mass is 386 g/mol. The molecular formula is C23H15FN2O3. The van der Waals surface area contributed by atoms with Crippen LogP contribution in [-0.2, 0) is 0 Å². The Morgan fingerprint density at radius 1 is 1.03 bits per heavy atom. The molecular weight excluding hydrogens is 371 g/mol. The molecule has 0 aliphatic carbocycles. The van der Waals surface area contributed by atoms with E-state index in [0.717, 1.165) is 5.56 Å². The summed E-state index contributed by atoms with van der Waals surface area (Å²) in [6, 6.07) is 15.4. The quantitative estimate of drug-likeness (QED) is 0.513. The molecule has 0 bridgehead atoms. The van der Waals surface area contributed by atoms with Gasteiger partial charge >= 0.3 is 0 Å². The molecule has 0 unspecified atom stereocenters. The van der Waals surface area contributed by atoms with Gasteiger partial charge in [0.25, 0.3) is 5.91 Å². The van der Waals surface area contributed by atoms with Crippen molar-refractivity contribution in [3.8, 4) is 0 Å². The van der Waals surface area contributed by atoms with Gasteiger partial charge in [-0.2, -0.15) is 0 Å². The maximum atomic E-state index is 14.8. The minimum atomic E-state index is -0.963.